The Morgan fingerprint density at radius 2 is 2.50 bits per heavy atom. The monoisotopic (exact) mass is 192 g/mol. The number of nitrogens with two attached hydrogens (primary N) is 1. The summed E-state index contributed by atoms with van der Waals surface area (Å²) in [5.41, 5.74) is 6.28. The van der Waals surface area contributed by atoms with Crippen molar-refractivity contribution >= 4 is 17.9 Å². The van der Waals surface area contributed by atoms with Gasteiger partial charge in [0.2, 0.25) is 0 Å². The predicted molar refractivity (Wildman–Crippen MR) is 54.3 cm³/mol. The van der Waals surface area contributed by atoms with Crippen LogP contribution in [0.1, 0.15) is 12.5 Å². The summed E-state index contributed by atoms with van der Waals surface area (Å²) < 4.78 is 4.72. The molecule has 0 aliphatic heterocycles. The van der Waals surface area contributed by atoms with E-state index in [1.54, 1.807) is 31.3 Å². The van der Waals surface area contributed by atoms with E-state index in [1.807, 2.05) is 0 Å². The lowest BCUT2D eigenvalue weighted by Gasteiger charge is -1.97. The summed E-state index contributed by atoms with van der Waals surface area (Å²) in [5.74, 6) is 0.0174. The summed E-state index contributed by atoms with van der Waals surface area (Å²) in [4.78, 5) is 14.8. The molecule has 1 heterocycles. The number of aromatic nitrogens is 1. The van der Waals surface area contributed by atoms with Gasteiger partial charge in [0, 0.05) is 17.8 Å². The number of carbonyl (C=O) groups excluding carboxylic acids is 1. The van der Waals surface area contributed by atoms with E-state index in [0.717, 1.165) is 0 Å². The summed E-state index contributed by atoms with van der Waals surface area (Å²) in [7, 11) is 0. The van der Waals surface area contributed by atoms with Crippen LogP contribution < -0.4 is 5.73 Å². The molecule has 1 aromatic heterocycles. The van der Waals surface area contributed by atoms with Crippen molar-refractivity contribution in [2.75, 3.05) is 12.3 Å². The summed E-state index contributed by atoms with van der Waals surface area (Å²) in [6.45, 7) is 2.12. The molecule has 0 unspecified atom stereocenters. The highest BCUT2D eigenvalue weighted by Gasteiger charge is 1.96. The van der Waals surface area contributed by atoms with E-state index < -0.39 is 0 Å². The molecule has 0 radical (unpaired) electrons. The van der Waals surface area contributed by atoms with E-state index in [0.29, 0.717) is 18.0 Å². The van der Waals surface area contributed by atoms with Crippen LogP contribution in [0.2, 0.25) is 0 Å². The minimum absolute atomic E-state index is 0.367. The Kier molecular flexibility index (Phi) is 3.67. The van der Waals surface area contributed by atoms with Gasteiger partial charge in [-0.05, 0) is 25.1 Å². The second kappa shape index (κ2) is 5.01. The molecule has 2 N–H and O–H groups in total. The summed E-state index contributed by atoms with van der Waals surface area (Å²) in [5, 5.41) is 0. The molecule has 0 aliphatic rings. The average Bonchev–Trinajstić information content (AvgIpc) is 2.17. The Balaban J connectivity index is 2.69. The van der Waals surface area contributed by atoms with Crippen LogP contribution in [0.3, 0.4) is 0 Å². The molecule has 0 saturated carbocycles. The van der Waals surface area contributed by atoms with Gasteiger partial charge in [0.25, 0.3) is 0 Å². The minimum atomic E-state index is -0.379. The van der Waals surface area contributed by atoms with Crippen molar-refractivity contribution in [3.8, 4) is 0 Å². The quantitative estimate of drug-likeness (QED) is 0.578. The second-order valence-corrected chi connectivity index (χ2v) is 2.56. The van der Waals surface area contributed by atoms with Gasteiger partial charge in [0.15, 0.2) is 0 Å². The average molecular weight is 192 g/mol. The molecule has 0 fully saturated rings. The molecule has 1 aromatic rings. The van der Waals surface area contributed by atoms with Gasteiger partial charge >= 0.3 is 5.97 Å². The second-order valence-electron chi connectivity index (χ2n) is 2.56. The van der Waals surface area contributed by atoms with Gasteiger partial charge in [-0.2, -0.15) is 0 Å². The molecule has 0 atom stereocenters. The van der Waals surface area contributed by atoms with Crippen LogP contribution in [-0.2, 0) is 9.53 Å². The van der Waals surface area contributed by atoms with Crippen molar-refractivity contribution in [3.63, 3.8) is 0 Å². The van der Waals surface area contributed by atoms with Gasteiger partial charge < -0.3 is 10.5 Å². The largest absolute Gasteiger partial charge is 0.463 e. The fourth-order valence-corrected chi connectivity index (χ4v) is 0.919. The van der Waals surface area contributed by atoms with E-state index in [9.17, 15) is 4.79 Å². The van der Waals surface area contributed by atoms with E-state index in [4.69, 9.17) is 10.5 Å². The van der Waals surface area contributed by atoms with E-state index in [1.165, 1.54) is 6.08 Å². The highest BCUT2D eigenvalue weighted by Crippen LogP contribution is 2.08. The standard InChI is InChI=1S/C10H12N2O2/c1-2-14-9(13)6-5-8-4-3-7-12-10(8)11/h3-7H,2H2,1H3,(H2,11,12). The van der Waals surface area contributed by atoms with Gasteiger partial charge in [-0.15, -0.1) is 0 Å². The van der Waals surface area contributed by atoms with Crippen molar-refractivity contribution in [2.45, 2.75) is 6.92 Å². The van der Waals surface area contributed by atoms with Crippen LogP contribution in [0, 0.1) is 0 Å². The first-order chi connectivity index (χ1) is 6.74. The molecule has 4 heteroatoms. The molecule has 0 bridgehead atoms. The smallest absolute Gasteiger partial charge is 0.330 e. The maximum Gasteiger partial charge on any atom is 0.330 e. The summed E-state index contributed by atoms with van der Waals surface area (Å²) >= 11 is 0. The number of hydrogen-bond donors (Lipinski definition) is 1. The molecule has 4 nitrogen and oxygen atoms in total. The molecular formula is C10H12N2O2. The molecule has 0 aliphatic carbocycles. The number of anilines is 1. The van der Waals surface area contributed by atoms with Crippen LogP contribution >= 0.6 is 0 Å². The zero-order valence-corrected chi connectivity index (χ0v) is 7.93. The topological polar surface area (TPSA) is 65.2 Å². The Morgan fingerprint density at radius 3 is 3.14 bits per heavy atom. The maximum absolute atomic E-state index is 11.0. The summed E-state index contributed by atoms with van der Waals surface area (Å²) in [6, 6.07) is 3.53. The number of carbonyl (C=O) groups is 1. The molecule has 0 amide bonds. The van der Waals surface area contributed by atoms with Crippen molar-refractivity contribution in [1.29, 1.82) is 0 Å². The lowest BCUT2D eigenvalue weighted by molar-refractivity contribution is -0.137. The first kappa shape index (κ1) is 10.2. The SMILES string of the molecule is CCOC(=O)C=Cc1cccnc1N. The van der Waals surface area contributed by atoms with Crippen molar-refractivity contribution in [1.82, 2.24) is 4.98 Å². The number of nitrogens with zero attached hydrogens (tertiary/aromatic N) is 1. The fourth-order valence-electron chi connectivity index (χ4n) is 0.919. The number of ether oxygens (including phenoxy) is 1. The number of esters is 1. The lowest BCUT2D eigenvalue weighted by Crippen LogP contribution is -1.99. The van der Waals surface area contributed by atoms with E-state index in [-0.39, 0.29) is 5.97 Å². The van der Waals surface area contributed by atoms with Gasteiger partial charge in [0.1, 0.15) is 5.82 Å². The molecule has 0 aromatic carbocycles. The molecule has 74 valence electrons. The van der Waals surface area contributed by atoms with Crippen molar-refractivity contribution in [3.05, 3.63) is 30.0 Å². The van der Waals surface area contributed by atoms with E-state index >= 15 is 0 Å². The Bertz CT molecular complexity index is 348. The van der Waals surface area contributed by atoms with Crippen LogP contribution in [-0.4, -0.2) is 17.6 Å². The lowest BCUT2D eigenvalue weighted by atomic mass is 10.2. The fraction of sp³-hybridized carbons (Fsp3) is 0.200. The summed E-state index contributed by atoms with van der Waals surface area (Å²) in [6.07, 6.45) is 4.51. The Hall–Kier alpha value is -1.84. The highest BCUT2D eigenvalue weighted by molar-refractivity contribution is 5.87. The predicted octanol–water partition coefficient (Wildman–Crippen LogP) is 1.24. The number of rotatable bonds is 3. The zero-order valence-electron chi connectivity index (χ0n) is 7.93. The third kappa shape index (κ3) is 2.90. The van der Waals surface area contributed by atoms with E-state index in [2.05, 4.69) is 4.98 Å². The highest BCUT2D eigenvalue weighted by atomic mass is 16.5. The first-order valence-electron chi connectivity index (χ1n) is 4.29. The van der Waals surface area contributed by atoms with Gasteiger partial charge in [-0.25, -0.2) is 9.78 Å². The van der Waals surface area contributed by atoms with Gasteiger partial charge in [-0.3, -0.25) is 0 Å². The van der Waals surface area contributed by atoms with Crippen LogP contribution in [0.4, 0.5) is 5.82 Å². The zero-order chi connectivity index (χ0) is 10.4. The molecule has 0 saturated heterocycles. The van der Waals surface area contributed by atoms with Gasteiger partial charge in [-0.1, -0.05) is 0 Å². The molecule has 1 rings (SSSR count). The first-order valence-corrected chi connectivity index (χ1v) is 4.29. The number of pyridine rings is 1. The van der Waals surface area contributed by atoms with Crippen molar-refractivity contribution in [2.24, 2.45) is 0 Å². The van der Waals surface area contributed by atoms with Crippen LogP contribution in [0.5, 0.6) is 0 Å². The Labute approximate surface area is 82.4 Å². The normalized spacial score (nSPS) is 10.4. The molecule has 14 heavy (non-hydrogen) atoms. The van der Waals surface area contributed by atoms with Crippen LogP contribution in [0.25, 0.3) is 6.08 Å². The third-order valence-electron chi connectivity index (χ3n) is 1.56. The van der Waals surface area contributed by atoms with Crippen LogP contribution in [0.15, 0.2) is 24.4 Å². The number of nitrogen functional groups attached to an aromatic ring is 1. The molecule has 0 spiro atoms. The number of hydrogen-bond acceptors (Lipinski definition) is 4. The van der Waals surface area contributed by atoms with Crippen molar-refractivity contribution < 1.29 is 9.53 Å². The van der Waals surface area contributed by atoms with Gasteiger partial charge in [0.05, 0.1) is 6.61 Å². The third-order valence-corrected chi connectivity index (χ3v) is 1.56. The minimum Gasteiger partial charge on any atom is -0.463 e. The Morgan fingerprint density at radius 1 is 1.71 bits per heavy atom. The maximum atomic E-state index is 11.0. The molecular weight excluding hydrogens is 180 g/mol.